The van der Waals surface area contributed by atoms with Crippen molar-refractivity contribution in [1.29, 1.82) is 0 Å². The number of hydrogen-bond acceptors (Lipinski definition) is 8. The number of thiophene rings is 1. The van der Waals surface area contributed by atoms with Gasteiger partial charge in [-0.15, -0.1) is 11.3 Å². The third-order valence-electron chi connectivity index (χ3n) is 5.97. The minimum absolute atomic E-state index is 0.0974. The van der Waals surface area contributed by atoms with Gasteiger partial charge in [0.15, 0.2) is 6.10 Å². The van der Waals surface area contributed by atoms with Crippen LogP contribution in [0, 0.1) is 0 Å². The second-order valence-corrected chi connectivity index (χ2v) is 11.6. The Hall–Kier alpha value is -3.54. The Morgan fingerprint density at radius 3 is 2.29 bits per heavy atom. The molecule has 1 aliphatic heterocycles. The van der Waals surface area contributed by atoms with E-state index < -0.39 is 34.0 Å². The highest BCUT2D eigenvalue weighted by Crippen LogP contribution is 2.36. The number of carbonyl (C=O) groups is 3. The van der Waals surface area contributed by atoms with Crippen molar-refractivity contribution in [2.75, 3.05) is 25.0 Å². The van der Waals surface area contributed by atoms with Crippen molar-refractivity contribution in [1.82, 2.24) is 4.31 Å². The number of carbonyl (C=O) groups excluding carboxylic acids is 3. The topological polar surface area (TPSA) is 119 Å². The van der Waals surface area contributed by atoms with E-state index in [4.69, 9.17) is 9.47 Å². The molecular weight excluding hydrogens is 528 g/mol. The molecule has 3 aromatic rings. The third-order valence-corrected chi connectivity index (χ3v) is 8.98. The van der Waals surface area contributed by atoms with Gasteiger partial charge in [-0.1, -0.05) is 30.3 Å². The van der Waals surface area contributed by atoms with Crippen molar-refractivity contribution in [3.8, 4) is 10.4 Å². The average Bonchev–Trinajstić information content (AvgIpc) is 3.61. The number of sulfonamides is 1. The van der Waals surface area contributed by atoms with E-state index in [0.29, 0.717) is 13.1 Å². The van der Waals surface area contributed by atoms with E-state index in [1.54, 1.807) is 13.0 Å². The summed E-state index contributed by atoms with van der Waals surface area (Å²) in [4.78, 5) is 38.9. The van der Waals surface area contributed by atoms with Gasteiger partial charge in [0, 0.05) is 18.0 Å². The predicted octanol–water partition coefficient (Wildman–Crippen LogP) is 4.56. The minimum atomic E-state index is -3.61. The first-order valence-corrected chi connectivity index (χ1v) is 14.4. The zero-order valence-corrected chi connectivity index (χ0v) is 22.6. The van der Waals surface area contributed by atoms with Crippen molar-refractivity contribution in [2.45, 2.75) is 37.7 Å². The summed E-state index contributed by atoms with van der Waals surface area (Å²) < 4.78 is 37.2. The molecule has 1 aromatic heterocycles. The van der Waals surface area contributed by atoms with Crippen molar-refractivity contribution >= 4 is 44.2 Å². The van der Waals surface area contributed by atoms with Gasteiger partial charge in [0.2, 0.25) is 10.0 Å². The first-order valence-electron chi connectivity index (χ1n) is 12.2. The highest BCUT2D eigenvalue weighted by molar-refractivity contribution is 7.89. The van der Waals surface area contributed by atoms with E-state index in [1.165, 1.54) is 46.8 Å². The molecule has 9 nitrogen and oxygen atoms in total. The van der Waals surface area contributed by atoms with E-state index >= 15 is 0 Å². The second kappa shape index (κ2) is 11.9. The van der Waals surface area contributed by atoms with E-state index in [9.17, 15) is 22.8 Å². The first kappa shape index (κ1) is 27.5. The van der Waals surface area contributed by atoms with Gasteiger partial charge >= 0.3 is 11.9 Å². The maximum Gasteiger partial charge on any atom is 0.341 e. The van der Waals surface area contributed by atoms with Gasteiger partial charge in [0.1, 0.15) is 5.00 Å². The minimum Gasteiger partial charge on any atom is -0.462 e. The van der Waals surface area contributed by atoms with Crippen LogP contribution < -0.4 is 5.32 Å². The first-order chi connectivity index (χ1) is 18.2. The summed E-state index contributed by atoms with van der Waals surface area (Å²) >= 11 is 1.21. The van der Waals surface area contributed by atoms with Gasteiger partial charge in [-0.05, 0) is 62.6 Å². The Morgan fingerprint density at radius 1 is 1.00 bits per heavy atom. The van der Waals surface area contributed by atoms with Crippen LogP contribution in [0.15, 0.2) is 65.6 Å². The molecule has 0 radical (unpaired) electrons. The number of anilines is 1. The van der Waals surface area contributed by atoms with E-state index in [2.05, 4.69) is 5.32 Å². The highest BCUT2D eigenvalue weighted by atomic mass is 32.2. The summed E-state index contributed by atoms with van der Waals surface area (Å²) in [7, 11) is -3.61. The number of esters is 2. The number of rotatable bonds is 9. The molecule has 0 aliphatic carbocycles. The van der Waals surface area contributed by atoms with Gasteiger partial charge in [-0.3, -0.25) is 4.79 Å². The quantitative estimate of drug-likeness (QED) is 0.384. The average molecular weight is 557 g/mol. The SMILES string of the molecule is CCOC(=O)c1cc(-c2ccccc2)sc1NC(=O)[C@@H](C)OC(=O)c1ccc(S(=O)(=O)N2CCCC2)cc1. The maximum absolute atomic E-state index is 12.9. The molecule has 1 amide bonds. The van der Waals surface area contributed by atoms with E-state index in [1.807, 2.05) is 30.3 Å². The third kappa shape index (κ3) is 6.12. The number of nitrogens with zero attached hydrogens (tertiary/aromatic N) is 1. The smallest absolute Gasteiger partial charge is 0.341 e. The molecule has 2 aromatic carbocycles. The molecule has 1 N–H and O–H groups in total. The van der Waals surface area contributed by atoms with Crippen molar-refractivity contribution in [3.63, 3.8) is 0 Å². The molecule has 0 bridgehead atoms. The van der Waals surface area contributed by atoms with Gasteiger partial charge in [0.25, 0.3) is 5.91 Å². The molecule has 1 saturated heterocycles. The lowest BCUT2D eigenvalue weighted by atomic mass is 10.1. The van der Waals surface area contributed by atoms with Crippen LogP contribution in [0.4, 0.5) is 5.00 Å². The maximum atomic E-state index is 12.9. The van der Waals surface area contributed by atoms with E-state index in [-0.39, 0.29) is 27.6 Å². The van der Waals surface area contributed by atoms with Crippen LogP contribution in [-0.4, -0.2) is 56.4 Å². The fourth-order valence-corrected chi connectivity index (χ4v) is 6.50. The molecule has 1 fully saturated rings. The van der Waals surface area contributed by atoms with Crippen molar-refractivity contribution < 1.29 is 32.3 Å². The standard InChI is InChI=1S/C27H28N2O7S2/c1-3-35-27(32)22-17-23(19-9-5-4-6-10-19)37-25(22)28-24(30)18(2)36-26(31)20-11-13-21(14-12-20)38(33,34)29-15-7-8-16-29/h4-6,9-14,17-18H,3,7-8,15-16H2,1-2H3,(H,28,30)/t18-/m1/s1. The Labute approximate surface area is 225 Å². The molecule has 11 heteroatoms. The molecule has 0 saturated carbocycles. The van der Waals surface area contributed by atoms with Crippen LogP contribution in [0.3, 0.4) is 0 Å². The number of hydrogen-bond donors (Lipinski definition) is 1. The Morgan fingerprint density at radius 2 is 1.66 bits per heavy atom. The molecule has 0 spiro atoms. The lowest BCUT2D eigenvalue weighted by molar-refractivity contribution is -0.123. The summed E-state index contributed by atoms with van der Waals surface area (Å²) in [6.07, 6.45) is 0.459. The predicted molar refractivity (Wildman–Crippen MR) is 144 cm³/mol. The molecule has 1 atom stereocenters. The lowest BCUT2D eigenvalue weighted by Crippen LogP contribution is -2.30. The fraction of sp³-hybridized carbons (Fsp3) is 0.296. The molecular formula is C27H28N2O7S2. The van der Waals surface area contributed by atoms with Gasteiger partial charge in [-0.2, -0.15) is 4.31 Å². The summed E-state index contributed by atoms with van der Waals surface area (Å²) in [5.41, 5.74) is 1.19. The number of nitrogens with one attached hydrogen (secondary N) is 1. The Balaban J connectivity index is 1.44. The van der Waals surface area contributed by atoms with Crippen LogP contribution in [0.5, 0.6) is 0 Å². The van der Waals surface area contributed by atoms with E-state index in [0.717, 1.165) is 23.3 Å². The Bertz CT molecular complexity index is 1410. The van der Waals surface area contributed by atoms with Crippen LogP contribution in [0.2, 0.25) is 0 Å². The van der Waals surface area contributed by atoms with Gasteiger partial charge in [0.05, 0.1) is 22.6 Å². The largest absolute Gasteiger partial charge is 0.462 e. The van der Waals surface area contributed by atoms with Crippen molar-refractivity contribution in [2.24, 2.45) is 0 Å². The summed E-state index contributed by atoms with van der Waals surface area (Å²) in [5.74, 6) is -1.98. The molecule has 0 unspecified atom stereocenters. The number of ether oxygens (including phenoxy) is 2. The fourth-order valence-electron chi connectivity index (χ4n) is 3.93. The van der Waals surface area contributed by atoms with Gasteiger partial charge in [-0.25, -0.2) is 18.0 Å². The summed E-state index contributed by atoms with van der Waals surface area (Å²) in [6.45, 7) is 4.24. The number of amides is 1. The summed E-state index contributed by atoms with van der Waals surface area (Å²) in [6, 6.07) is 16.5. The normalized spacial score (nSPS) is 14.6. The Kier molecular flexibility index (Phi) is 8.60. The van der Waals surface area contributed by atoms with Crippen LogP contribution in [0.25, 0.3) is 10.4 Å². The number of benzene rings is 2. The van der Waals surface area contributed by atoms with Crippen LogP contribution in [-0.2, 0) is 24.3 Å². The van der Waals surface area contributed by atoms with Crippen LogP contribution >= 0.6 is 11.3 Å². The monoisotopic (exact) mass is 556 g/mol. The molecule has 38 heavy (non-hydrogen) atoms. The second-order valence-electron chi connectivity index (χ2n) is 8.61. The lowest BCUT2D eigenvalue weighted by Gasteiger charge is -2.16. The zero-order chi connectivity index (χ0) is 27.3. The molecule has 200 valence electrons. The zero-order valence-electron chi connectivity index (χ0n) is 21.0. The van der Waals surface area contributed by atoms with Gasteiger partial charge < -0.3 is 14.8 Å². The molecule has 1 aliphatic rings. The highest BCUT2D eigenvalue weighted by Gasteiger charge is 2.28. The molecule has 4 rings (SSSR count). The summed E-state index contributed by atoms with van der Waals surface area (Å²) in [5, 5.41) is 2.96. The molecule has 2 heterocycles. The van der Waals surface area contributed by atoms with Crippen molar-refractivity contribution in [3.05, 3.63) is 71.8 Å². The van der Waals surface area contributed by atoms with Crippen LogP contribution in [0.1, 0.15) is 47.4 Å².